The summed E-state index contributed by atoms with van der Waals surface area (Å²) in [4.78, 5) is 17.1. The summed E-state index contributed by atoms with van der Waals surface area (Å²) in [6, 6.07) is 3.44. The van der Waals surface area contributed by atoms with Crippen LogP contribution in [0.1, 0.15) is 30.2 Å². The molecule has 0 radical (unpaired) electrons. The Morgan fingerprint density at radius 2 is 2.21 bits per heavy atom. The largest absolute Gasteiger partial charge is 0.379 e. The lowest BCUT2D eigenvalue weighted by atomic mass is 10.3. The van der Waals surface area contributed by atoms with Crippen molar-refractivity contribution in [1.82, 2.24) is 9.55 Å². The highest BCUT2D eigenvalue weighted by atomic mass is 32.1. The van der Waals surface area contributed by atoms with Crippen LogP contribution in [0.25, 0.3) is 0 Å². The van der Waals surface area contributed by atoms with E-state index in [-0.39, 0.29) is 5.56 Å². The second-order valence-corrected chi connectivity index (χ2v) is 5.58. The SMILES string of the molecule is CCCn1cc(NCc2cnc(CC)s2)ccc1=O. The molecule has 102 valence electrons. The first kappa shape index (κ1) is 13.8. The summed E-state index contributed by atoms with van der Waals surface area (Å²) >= 11 is 1.73. The second-order valence-electron chi connectivity index (χ2n) is 4.38. The molecule has 0 saturated heterocycles. The highest BCUT2D eigenvalue weighted by Crippen LogP contribution is 2.15. The lowest BCUT2D eigenvalue weighted by molar-refractivity contribution is 0.655. The quantitative estimate of drug-likeness (QED) is 0.883. The predicted molar refractivity (Wildman–Crippen MR) is 79.8 cm³/mol. The first-order chi connectivity index (χ1) is 9.22. The second kappa shape index (κ2) is 6.52. The molecule has 0 unspecified atom stereocenters. The summed E-state index contributed by atoms with van der Waals surface area (Å²) in [6.45, 7) is 5.68. The topological polar surface area (TPSA) is 46.9 Å². The van der Waals surface area contributed by atoms with E-state index in [2.05, 4.69) is 24.1 Å². The summed E-state index contributed by atoms with van der Waals surface area (Å²) in [5.41, 5.74) is 1.03. The minimum Gasteiger partial charge on any atom is -0.379 e. The lowest BCUT2D eigenvalue weighted by Crippen LogP contribution is -2.18. The molecule has 0 atom stereocenters. The van der Waals surface area contributed by atoms with Crippen LogP contribution < -0.4 is 10.9 Å². The van der Waals surface area contributed by atoms with Crippen LogP contribution in [-0.4, -0.2) is 9.55 Å². The number of aromatic nitrogens is 2. The van der Waals surface area contributed by atoms with Gasteiger partial charge in [-0.2, -0.15) is 0 Å². The van der Waals surface area contributed by atoms with Gasteiger partial charge in [-0.3, -0.25) is 4.79 Å². The van der Waals surface area contributed by atoms with Crippen LogP contribution in [0.5, 0.6) is 0 Å². The van der Waals surface area contributed by atoms with Crippen molar-refractivity contribution in [2.24, 2.45) is 0 Å². The van der Waals surface area contributed by atoms with E-state index in [0.717, 1.165) is 36.6 Å². The monoisotopic (exact) mass is 277 g/mol. The van der Waals surface area contributed by atoms with Crippen LogP contribution in [0.2, 0.25) is 0 Å². The molecule has 0 bridgehead atoms. The van der Waals surface area contributed by atoms with Crippen molar-refractivity contribution in [3.8, 4) is 0 Å². The maximum Gasteiger partial charge on any atom is 0.250 e. The standard InChI is InChI=1S/C14H19N3OS/c1-3-7-17-10-11(5-6-14(17)18)15-8-12-9-16-13(4-2)19-12/h5-6,9-10,15H,3-4,7-8H2,1-2H3. The van der Waals surface area contributed by atoms with Gasteiger partial charge in [0.15, 0.2) is 0 Å². The van der Waals surface area contributed by atoms with Gasteiger partial charge < -0.3 is 9.88 Å². The number of hydrogen-bond acceptors (Lipinski definition) is 4. The molecule has 0 aromatic carbocycles. The van der Waals surface area contributed by atoms with Crippen LogP contribution in [0.3, 0.4) is 0 Å². The van der Waals surface area contributed by atoms with E-state index in [0.29, 0.717) is 0 Å². The Bertz CT molecular complexity index is 588. The average molecular weight is 277 g/mol. The van der Waals surface area contributed by atoms with Crippen molar-refractivity contribution in [3.05, 3.63) is 44.8 Å². The molecule has 0 spiro atoms. The summed E-state index contributed by atoms with van der Waals surface area (Å²) < 4.78 is 1.74. The van der Waals surface area contributed by atoms with Gasteiger partial charge in [0.05, 0.1) is 17.2 Å². The summed E-state index contributed by atoms with van der Waals surface area (Å²) in [5, 5.41) is 4.50. The number of rotatable bonds is 6. The number of anilines is 1. The van der Waals surface area contributed by atoms with Gasteiger partial charge in [-0.05, 0) is 18.9 Å². The van der Waals surface area contributed by atoms with Gasteiger partial charge in [0.1, 0.15) is 0 Å². The third-order valence-electron chi connectivity index (χ3n) is 2.82. The lowest BCUT2D eigenvalue weighted by Gasteiger charge is -2.08. The van der Waals surface area contributed by atoms with Crippen LogP contribution in [0.15, 0.2) is 29.3 Å². The Morgan fingerprint density at radius 1 is 1.37 bits per heavy atom. The summed E-state index contributed by atoms with van der Waals surface area (Å²) in [7, 11) is 0. The highest BCUT2D eigenvalue weighted by molar-refractivity contribution is 7.11. The Morgan fingerprint density at radius 3 is 2.89 bits per heavy atom. The molecule has 1 N–H and O–H groups in total. The molecule has 4 nitrogen and oxygen atoms in total. The van der Waals surface area contributed by atoms with E-state index < -0.39 is 0 Å². The van der Waals surface area contributed by atoms with Crippen molar-refractivity contribution in [2.75, 3.05) is 5.32 Å². The fourth-order valence-electron chi connectivity index (χ4n) is 1.83. The summed E-state index contributed by atoms with van der Waals surface area (Å²) in [5.74, 6) is 0. The zero-order valence-corrected chi connectivity index (χ0v) is 12.2. The van der Waals surface area contributed by atoms with Crippen molar-refractivity contribution >= 4 is 17.0 Å². The van der Waals surface area contributed by atoms with Crippen molar-refractivity contribution in [3.63, 3.8) is 0 Å². The molecule has 0 aliphatic carbocycles. The number of hydrogen-bond donors (Lipinski definition) is 1. The fourth-order valence-corrected chi connectivity index (χ4v) is 2.64. The van der Waals surface area contributed by atoms with Gasteiger partial charge in [-0.25, -0.2) is 4.98 Å². The van der Waals surface area contributed by atoms with E-state index in [1.165, 1.54) is 4.88 Å². The van der Waals surface area contributed by atoms with Crippen LogP contribution in [0, 0.1) is 0 Å². The zero-order chi connectivity index (χ0) is 13.7. The Hall–Kier alpha value is -1.62. The van der Waals surface area contributed by atoms with Crippen LogP contribution in [-0.2, 0) is 19.5 Å². The number of aryl methyl sites for hydroxylation is 2. The minimum absolute atomic E-state index is 0.0541. The first-order valence-corrected chi connectivity index (χ1v) is 7.42. The molecular weight excluding hydrogens is 258 g/mol. The Kier molecular flexibility index (Phi) is 4.74. The molecule has 0 saturated carbocycles. The van der Waals surface area contributed by atoms with E-state index in [4.69, 9.17) is 0 Å². The smallest absolute Gasteiger partial charge is 0.250 e. The first-order valence-electron chi connectivity index (χ1n) is 6.61. The van der Waals surface area contributed by atoms with E-state index >= 15 is 0 Å². The van der Waals surface area contributed by atoms with Crippen molar-refractivity contribution < 1.29 is 0 Å². The molecule has 2 aromatic rings. The van der Waals surface area contributed by atoms with Crippen LogP contribution >= 0.6 is 11.3 Å². The minimum atomic E-state index is 0.0541. The average Bonchev–Trinajstić information content (AvgIpc) is 2.88. The third kappa shape index (κ3) is 3.67. The van der Waals surface area contributed by atoms with E-state index in [9.17, 15) is 4.79 Å². The third-order valence-corrected chi connectivity index (χ3v) is 3.96. The van der Waals surface area contributed by atoms with E-state index in [1.54, 1.807) is 22.0 Å². The molecule has 2 heterocycles. The van der Waals surface area contributed by atoms with Gasteiger partial charge in [0, 0.05) is 29.9 Å². The maximum atomic E-state index is 11.6. The number of thiazole rings is 1. The number of nitrogens with one attached hydrogen (secondary N) is 1. The van der Waals surface area contributed by atoms with Crippen molar-refractivity contribution in [1.29, 1.82) is 0 Å². The Balaban J connectivity index is 2.02. The molecule has 2 aromatic heterocycles. The number of pyridine rings is 1. The zero-order valence-electron chi connectivity index (χ0n) is 11.3. The van der Waals surface area contributed by atoms with Crippen LogP contribution in [0.4, 0.5) is 5.69 Å². The van der Waals surface area contributed by atoms with Gasteiger partial charge >= 0.3 is 0 Å². The molecule has 0 amide bonds. The van der Waals surface area contributed by atoms with Gasteiger partial charge in [-0.1, -0.05) is 13.8 Å². The Labute approximate surface area is 117 Å². The molecule has 0 aliphatic heterocycles. The molecule has 5 heteroatoms. The fraction of sp³-hybridized carbons (Fsp3) is 0.429. The molecular formula is C14H19N3OS. The molecule has 0 fully saturated rings. The number of nitrogens with zero attached hydrogens (tertiary/aromatic N) is 2. The van der Waals surface area contributed by atoms with E-state index in [1.807, 2.05) is 18.5 Å². The molecule has 2 rings (SSSR count). The molecule has 19 heavy (non-hydrogen) atoms. The van der Waals surface area contributed by atoms with Gasteiger partial charge in [-0.15, -0.1) is 11.3 Å². The highest BCUT2D eigenvalue weighted by Gasteiger charge is 2.01. The normalized spacial score (nSPS) is 10.6. The predicted octanol–water partition coefficient (Wildman–Crippen LogP) is 2.89. The summed E-state index contributed by atoms with van der Waals surface area (Å²) in [6.07, 6.45) is 5.73. The van der Waals surface area contributed by atoms with Gasteiger partial charge in [0.2, 0.25) is 0 Å². The van der Waals surface area contributed by atoms with Crippen molar-refractivity contribution in [2.45, 2.75) is 39.8 Å². The molecule has 0 aliphatic rings. The van der Waals surface area contributed by atoms with Gasteiger partial charge in [0.25, 0.3) is 5.56 Å². The maximum absolute atomic E-state index is 11.6.